The Morgan fingerprint density at radius 1 is 1.53 bits per heavy atom. The predicted molar refractivity (Wildman–Crippen MR) is 66.1 cm³/mol. The number of halogens is 1. The van der Waals surface area contributed by atoms with E-state index in [1.807, 2.05) is 6.07 Å². The fourth-order valence-electron chi connectivity index (χ4n) is 1.30. The van der Waals surface area contributed by atoms with E-state index < -0.39 is 6.09 Å². The Morgan fingerprint density at radius 2 is 2.26 bits per heavy atom. The lowest BCUT2D eigenvalue weighted by atomic mass is 10.1. The molecule has 0 aliphatic heterocycles. The van der Waals surface area contributed by atoms with E-state index in [4.69, 9.17) is 15.7 Å². The smallest absolute Gasteiger partial charge is 0.404 e. The molecule has 0 unspecified atom stereocenters. The van der Waals surface area contributed by atoms with Crippen molar-refractivity contribution in [3.8, 4) is 11.8 Å². The van der Waals surface area contributed by atoms with Crippen LogP contribution < -0.4 is 10.5 Å². The lowest BCUT2D eigenvalue weighted by Crippen LogP contribution is -2.16. The van der Waals surface area contributed by atoms with E-state index in [0.29, 0.717) is 17.6 Å². The zero-order valence-electron chi connectivity index (χ0n) is 10.4. The van der Waals surface area contributed by atoms with Gasteiger partial charge < -0.3 is 15.2 Å². The van der Waals surface area contributed by atoms with E-state index >= 15 is 0 Å². The van der Waals surface area contributed by atoms with Gasteiger partial charge in [-0.2, -0.15) is 5.26 Å². The van der Waals surface area contributed by atoms with Gasteiger partial charge in [0.25, 0.3) is 0 Å². The molecule has 0 aromatic heterocycles. The lowest BCUT2D eigenvalue weighted by Gasteiger charge is -2.09. The summed E-state index contributed by atoms with van der Waals surface area (Å²) < 4.78 is 22.3. The summed E-state index contributed by atoms with van der Waals surface area (Å²) in [6.07, 6.45) is -0.673. The summed E-state index contributed by atoms with van der Waals surface area (Å²) >= 11 is 0. The SMILES string of the molecule is Cc1cc(OC/C(=C\F)COC(N)=O)ccc1C#N. The van der Waals surface area contributed by atoms with Gasteiger partial charge in [-0.15, -0.1) is 0 Å². The maximum Gasteiger partial charge on any atom is 0.404 e. The first-order chi connectivity index (χ1) is 9.06. The first-order valence-corrected chi connectivity index (χ1v) is 5.40. The molecule has 0 bridgehead atoms. The Hall–Kier alpha value is -2.55. The Morgan fingerprint density at radius 3 is 2.79 bits per heavy atom. The third-order valence-corrected chi connectivity index (χ3v) is 2.30. The van der Waals surface area contributed by atoms with Crippen LogP contribution in [0.4, 0.5) is 9.18 Å². The van der Waals surface area contributed by atoms with Gasteiger partial charge in [0.1, 0.15) is 19.0 Å². The van der Waals surface area contributed by atoms with Crippen LogP contribution >= 0.6 is 0 Å². The molecule has 0 radical (unpaired) electrons. The molecular weight excluding hydrogens is 251 g/mol. The molecule has 1 aromatic rings. The van der Waals surface area contributed by atoms with Crippen molar-refractivity contribution in [2.45, 2.75) is 6.92 Å². The van der Waals surface area contributed by atoms with Crippen LogP contribution in [0.3, 0.4) is 0 Å². The van der Waals surface area contributed by atoms with Crippen LogP contribution in [0.1, 0.15) is 11.1 Å². The molecule has 100 valence electrons. The van der Waals surface area contributed by atoms with Crippen LogP contribution in [0.5, 0.6) is 5.75 Å². The van der Waals surface area contributed by atoms with Crippen LogP contribution in [-0.2, 0) is 4.74 Å². The standard InChI is InChI=1S/C13H13FN2O3/c1-9-4-12(3-2-11(9)6-15)18-7-10(5-14)8-19-13(16)17/h2-5H,7-8H2,1H3,(H2,16,17)/b10-5+. The number of carbonyl (C=O) groups excluding carboxylic acids is 1. The monoisotopic (exact) mass is 264 g/mol. The van der Waals surface area contributed by atoms with Gasteiger partial charge in [-0.05, 0) is 30.7 Å². The second kappa shape index (κ2) is 7.01. The van der Waals surface area contributed by atoms with Crippen LogP contribution in [-0.4, -0.2) is 19.3 Å². The number of carbonyl (C=O) groups is 1. The molecule has 0 saturated carbocycles. The minimum absolute atomic E-state index is 0.0743. The second-order valence-corrected chi connectivity index (χ2v) is 3.75. The number of nitrogens with zero attached hydrogens (tertiary/aromatic N) is 1. The number of rotatable bonds is 5. The molecule has 2 N–H and O–H groups in total. The summed E-state index contributed by atoms with van der Waals surface area (Å²) in [7, 11) is 0. The maximum atomic E-state index is 12.5. The molecule has 5 nitrogen and oxygen atoms in total. The number of hydrogen-bond acceptors (Lipinski definition) is 4. The Bertz CT molecular complexity index is 535. The second-order valence-electron chi connectivity index (χ2n) is 3.75. The van der Waals surface area contributed by atoms with Crippen LogP contribution in [0.25, 0.3) is 0 Å². The molecule has 0 spiro atoms. The molecule has 19 heavy (non-hydrogen) atoms. The van der Waals surface area contributed by atoms with Crippen molar-refractivity contribution >= 4 is 6.09 Å². The van der Waals surface area contributed by atoms with Crippen molar-refractivity contribution in [2.24, 2.45) is 5.73 Å². The van der Waals surface area contributed by atoms with E-state index in [1.54, 1.807) is 25.1 Å². The summed E-state index contributed by atoms with van der Waals surface area (Å²) in [4.78, 5) is 10.4. The van der Waals surface area contributed by atoms with Crippen molar-refractivity contribution in [1.82, 2.24) is 0 Å². The van der Waals surface area contributed by atoms with Gasteiger partial charge >= 0.3 is 6.09 Å². The van der Waals surface area contributed by atoms with Crippen molar-refractivity contribution < 1.29 is 18.7 Å². The van der Waals surface area contributed by atoms with E-state index in [9.17, 15) is 9.18 Å². The Labute approximate surface area is 110 Å². The summed E-state index contributed by atoms with van der Waals surface area (Å²) in [5.41, 5.74) is 6.22. The van der Waals surface area contributed by atoms with E-state index in [0.717, 1.165) is 5.56 Å². The molecule has 6 heteroatoms. The molecule has 0 aliphatic rings. The highest BCUT2D eigenvalue weighted by atomic mass is 19.1. The summed E-state index contributed by atoms with van der Waals surface area (Å²) in [5.74, 6) is 0.495. The molecule has 0 atom stereocenters. The van der Waals surface area contributed by atoms with Crippen LogP contribution in [0, 0.1) is 18.3 Å². The average Bonchev–Trinajstić information content (AvgIpc) is 2.39. The minimum Gasteiger partial charge on any atom is -0.489 e. The molecule has 1 amide bonds. The maximum absolute atomic E-state index is 12.5. The first-order valence-electron chi connectivity index (χ1n) is 5.40. The zero-order chi connectivity index (χ0) is 14.3. The number of primary amides is 1. The number of ether oxygens (including phenoxy) is 2. The summed E-state index contributed by atoms with van der Waals surface area (Å²) in [5, 5.41) is 8.78. The fourth-order valence-corrected chi connectivity index (χ4v) is 1.30. The third-order valence-electron chi connectivity index (χ3n) is 2.30. The van der Waals surface area contributed by atoms with Gasteiger partial charge in [-0.1, -0.05) is 0 Å². The molecule has 0 fully saturated rings. The summed E-state index contributed by atoms with van der Waals surface area (Å²) in [6.45, 7) is 1.43. The van der Waals surface area contributed by atoms with Crippen LogP contribution in [0.2, 0.25) is 0 Å². The van der Waals surface area contributed by atoms with Gasteiger partial charge in [-0.3, -0.25) is 0 Å². The molecule has 1 rings (SSSR count). The predicted octanol–water partition coefficient (Wildman–Crippen LogP) is 2.19. The zero-order valence-corrected chi connectivity index (χ0v) is 10.4. The third kappa shape index (κ3) is 4.68. The molecule has 0 saturated heterocycles. The molecular formula is C13H13FN2O3. The number of aryl methyl sites for hydroxylation is 1. The average molecular weight is 264 g/mol. The van der Waals surface area contributed by atoms with E-state index in [-0.39, 0.29) is 18.8 Å². The van der Waals surface area contributed by atoms with Crippen molar-refractivity contribution in [2.75, 3.05) is 13.2 Å². The summed E-state index contributed by atoms with van der Waals surface area (Å²) in [6, 6.07) is 6.92. The lowest BCUT2D eigenvalue weighted by molar-refractivity contribution is 0.162. The van der Waals surface area contributed by atoms with Gasteiger partial charge in [0, 0.05) is 5.57 Å². The van der Waals surface area contributed by atoms with Crippen molar-refractivity contribution in [3.63, 3.8) is 0 Å². The largest absolute Gasteiger partial charge is 0.489 e. The number of nitrogens with two attached hydrogens (primary N) is 1. The quantitative estimate of drug-likeness (QED) is 0.883. The molecule has 0 aliphatic carbocycles. The van der Waals surface area contributed by atoms with E-state index in [1.165, 1.54) is 0 Å². The number of hydrogen-bond donors (Lipinski definition) is 1. The van der Waals surface area contributed by atoms with Crippen molar-refractivity contribution in [1.29, 1.82) is 5.26 Å². The van der Waals surface area contributed by atoms with Crippen LogP contribution in [0.15, 0.2) is 30.1 Å². The number of amides is 1. The number of nitriles is 1. The fraction of sp³-hybridized carbons (Fsp3) is 0.231. The van der Waals surface area contributed by atoms with Gasteiger partial charge in [0.05, 0.1) is 18.0 Å². The normalized spacial score (nSPS) is 10.7. The molecule has 0 heterocycles. The van der Waals surface area contributed by atoms with Gasteiger partial charge in [0.15, 0.2) is 0 Å². The highest BCUT2D eigenvalue weighted by Crippen LogP contribution is 2.17. The van der Waals surface area contributed by atoms with Gasteiger partial charge in [0.2, 0.25) is 0 Å². The van der Waals surface area contributed by atoms with Crippen molar-refractivity contribution in [3.05, 3.63) is 41.2 Å². The van der Waals surface area contributed by atoms with Gasteiger partial charge in [-0.25, -0.2) is 9.18 Å². The Kier molecular flexibility index (Phi) is 5.35. The van der Waals surface area contributed by atoms with E-state index in [2.05, 4.69) is 4.74 Å². The highest BCUT2D eigenvalue weighted by Gasteiger charge is 2.04. The number of benzene rings is 1. The highest BCUT2D eigenvalue weighted by molar-refractivity contribution is 5.64. The first kappa shape index (κ1) is 14.5. The minimum atomic E-state index is -0.978. The Balaban J connectivity index is 2.58. The molecule has 1 aromatic carbocycles. The topological polar surface area (TPSA) is 85.3 Å².